The van der Waals surface area contributed by atoms with Crippen LogP contribution in [0.25, 0.3) is 10.4 Å². The molecule has 0 spiro atoms. The van der Waals surface area contributed by atoms with Gasteiger partial charge in [-0.05, 0) is 35.9 Å². The van der Waals surface area contributed by atoms with E-state index >= 15 is 0 Å². The molecule has 0 fully saturated rings. The van der Waals surface area contributed by atoms with Crippen LogP contribution in [-0.4, -0.2) is 22.9 Å². The number of thiophene rings is 1. The lowest BCUT2D eigenvalue weighted by atomic mass is 10.1. The van der Waals surface area contributed by atoms with E-state index < -0.39 is 12.2 Å². The van der Waals surface area contributed by atoms with Crippen LogP contribution in [0.3, 0.4) is 0 Å². The van der Waals surface area contributed by atoms with Crippen molar-refractivity contribution in [1.29, 1.82) is 0 Å². The third-order valence-electron chi connectivity index (χ3n) is 2.12. The van der Waals surface area contributed by atoms with E-state index in [0.29, 0.717) is 0 Å². The van der Waals surface area contributed by atoms with Crippen molar-refractivity contribution in [2.75, 3.05) is 6.54 Å². The Morgan fingerprint density at radius 2 is 2.33 bits per heavy atom. The summed E-state index contributed by atoms with van der Waals surface area (Å²) in [5, 5.41) is 24.6. The maximum atomic E-state index is 9.78. The molecule has 2 N–H and O–H groups in total. The quantitative estimate of drug-likeness (QED) is 0.458. The van der Waals surface area contributed by atoms with Crippen molar-refractivity contribution in [3.63, 3.8) is 0 Å². The maximum absolute atomic E-state index is 9.78. The van der Waals surface area contributed by atoms with Crippen molar-refractivity contribution < 1.29 is 10.2 Å². The first-order valence-corrected chi connectivity index (χ1v) is 5.45. The van der Waals surface area contributed by atoms with Gasteiger partial charge < -0.3 is 10.2 Å². The molecule has 0 aromatic carbocycles. The van der Waals surface area contributed by atoms with Gasteiger partial charge in [0.05, 0.1) is 6.10 Å². The lowest BCUT2D eigenvalue weighted by molar-refractivity contribution is 0.0168. The molecule has 15 heavy (non-hydrogen) atoms. The molecule has 5 nitrogen and oxygen atoms in total. The summed E-state index contributed by atoms with van der Waals surface area (Å²) in [5.74, 6) is 0. The first-order valence-electron chi connectivity index (χ1n) is 4.57. The van der Waals surface area contributed by atoms with Crippen LogP contribution in [0.15, 0.2) is 16.6 Å². The Bertz CT molecular complexity index is 360. The fraction of sp³-hybridized carbons (Fsp3) is 0.556. The van der Waals surface area contributed by atoms with E-state index in [2.05, 4.69) is 10.0 Å². The van der Waals surface area contributed by atoms with Crippen LogP contribution in [0.5, 0.6) is 0 Å². The minimum absolute atomic E-state index is 0.194. The van der Waals surface area contributed by atoms with Crippen LogP contribution in [0.2, 0.25) is 0 Å². The molecule has 0 aliphatic rings. The summed E-state index contributed by atoms with van der Waals surface area (Å²) in [6.07, 6.45) is -1.51. The molecule has 1 aromatic heterocycles. The van der Waals surface area contributed by atoms with Gasteiger partial charge in [0.2, 0.25) is 0 Å². The highest BCUT2D eigenvalue weighted by Crippen LogP contribution is 2.27. The summed E-state index contributed by atoms with van der Waals surface area (Å²) >= 11 is 1.41. The second-order valence-corrected chi connectivity index (χ2v) is 4.17. The van der Waals surface area contributed by atoms with Gasteiger partial charge in [0.15, 0.2) is 0 Å². The molecule has 82 valence electrons. The van der Waals surface area contributed by atoms with Crippen LogP contribution in [0, 0.1) is 6.92 Å². The molecule has 2 unspecified atom stereocenters. The van der Waals surface area contributed by atoms with Gasteiger partial charge in [-0.1, -0.05) is 5.11 Å². The van der Waals surface area contributed by atoms with Gasteiger partial charge in [0, 0.05) is 16.3 Å². The number of aryl methyl sites for hydroxylation is 1. The van der Waals surface area contributed by atoms with Crippen molar-refractivity contribution in [2.24, 2.45) is 5.11 Å². The SMILES string of the molecule is Cc1ccsc1C(O)C(O)CCN=[N+]=[N-]. The van der Waals surface area contributed by atoms with Crippen LogP contribution in [0.1, 0.15) is 23.0 Å². The second-order valence-electron chi connectivity index (χ2n) is 3.22. The Morgan fingerprint density at radius 3 is 2.87 bits per heavy atom. The molecule has 6 heteroatoms. The fourth-order valence-electron chi connectivity index (χ4n) is 1.25. The van der Waals surface area contributed by atoms with E-state index in [1.165, 1.54) is 11.3 Å². The number of rotatable bonds is 5. The van der Waals surface area contributed by atoms with Gasteiger partial charge in [-0.3, -0.25) is 0 Å². The summed E-state index contributed by atoms with van der Waals surface area (Å²) < 4.78 is 0. The van der Waals surface area contributed by atoms with Gasteiger partial charge in [-0.25, -0.2) is 0 Å². The highest BCUT2D eigenvalue weighted by molar-refractivity contribution is 7.10. The third-order valence-corrected chi connectivity index (χ3v) is 3.21. The zero-order valence-electron chi connectivity index (χ0n) is 8.37. The zero-order chi connectivity index (χ0) is 11.3. The summed E-state index contributed by atoms with van der Waals surface area (Å²) in [4.78, 5) is 3.35. The molecule has 0 saturated carbocycles. The molecule has 0 saturated heterocycles. The highest BCUT2D eigenvalue weighted by Gasteiger charge is 2.20. The largest absolute Gasteiger partial charge is 0.390 e. The first kappa shape index (κ1) is 12.0. The summed E-state index contributed by atoms with van der Waals surface area (Å²) in [6, 6.07) is 1.89. The van der Waals surface area contributed by atoms with Gasteiger partial charge in [0.25, 0.3) is 0 Å². The molecule has 2 atom stereocenters. The number of azide groups is 1. The second kappa shape index (κ2) is 5.72. The van der Waals surface area contributed by atoms with Crippen LogP contribution < -0.4 is 0 Å². The van der Waals surface area contributed by atoms with E-state index in [9.17, 15) is 10.2 Å². The molecule has 0 radical (unpaired) electrons. The summed E-state index contributed by atoms with van der Waals surface area (Å²) in [6.45, 7) is 2.08. The van der Waals surface area contributed by atoms with E-state index in [1.54, 1.807) is 0 Å². The van der Waals surface area contributed by atoms with Gasteiger partial charge in [0.1, 0.15) is 6.10 Å². The monoisotopic (exact) mass is 227 g/mol. The number of hydrogen-bond acceptors (Lipinski definition) is 4. The van der Waals surface area contributed by atoms with Crippen molar-refractivity contribution in [1.82, 2.24) is 0 Å². The maximum Gasteiger partial charge on any atom is 0.114 e. The first-order chi connectivity index (χ1) is 7.16. The minimum atomic E-state index is -0.890. The average molecular weight is 227 g/mol. The minimum Gasteiger partial charge on any atom is -0.390 e. The summed E-state index contributed by atoms with van der Waals surface area (Å²) in [5.41, 5.74) is 9.03. The van der Waals surface area contributed by atoms with E-state index in [0.717, 1.165) is 10.4 Å². The smallest absolute Gasteiger partial charge is 0.114 e. The molecule has 1 heterocycles. The Kier molecular flexibility index (Phi) is 4.58. The third kappa shape index (κ3) is 3.21. The van der Waals surface area contributed by atoms with Crippen molar-refractivity contribution in [3.8, 4) is 0 Å². The number of hydrogen-bond donors (Lipinski definition) is 2. The standard InChI is InChI=1S/C9H13N3O2S/c1-6-3-5-15-9(6)8(14)7(13)2-4-11-12-10/h3,5,7-8,13-14H,2,4H2,1H3. The van der Waals surface area contributed by atoms with Crippen LogP contribution >= 0.6 is 11.3 Å². The summed E-state index contributed by atoms with van der Waals surface area (Å²) in [7, 11) is 0. The molecular formula is C9H13N3O2S. The lowest BCUT2D eigenvalue weighted by Crippen LogP contribution is -2.18. The van der Waals surface area contributed by atoms with E-state index in [1.807, 2.05) is 18.4 Å². The van der Waals surface area contributed by atoms with Crippen molar-refractivity contribution in [2.45, 2.75) is 25.6 Å². The topological polar surface area (TPSA) is 89.2 Å². The molecule has 1 aromatic rings. The van der Waals surface area contributed by atoms with Crippen LogP contribution in [0.4, 0.5) is 0 Å². The van der Waals surface area contributed by atoms with Crippen molar-refractivity contribution in [3.05, 3.63) is 32.3 Å². The predicted molar refractivity (Wildman–Crippen MR) is 58.7 cm³/mol. The number of aliphatic hydroxyl groups is 2. The molecule has 0 aliphatic carbocycles. The highest BCUT2D eigenvalue weighted by atomic mass is 32.1. The Labute approximate surface area is 91.6 Å². The predicted octanol–water partition coefficient (Wildman–Crippen LogP) is 2.15. The lowest BCUT2D eigenvalue weighted by Gasteiger charge is -2.16. The number of nitrogens with zero attached hydrogens (tertiary/aromatic N) is 3. The van der Waals surface area contributed by atoms with E-state index in [4.69, 9.17) is 5.53 Å². The Balaban J connectivity index is 2.56. The normalized spacial score (nSPS) is 14.3. The van der Waals surface area contributed by atoms with Gasteiger partial charge >= 0.3 is 0 Å². The molecule has 1 rings (SSSR count). The van der Waals surface area contributed by atoms with Crippen molar-refractivity contribution >= 4 is 11.3 Å². The Hall–Kier alpha value is -1.07. The average Bonchev–Trinajstić information content (AvgIpc) is 2.63. The molecule has 0 aliphatic heterocycles. The molecular weight excluding hydrogens is 214 g/mol. The Morgan fingerprint density at radius 1 is 1.60 bits per heavy atom. The fourth-order valence-corrected chi connectivity index (χ4v) is 2.22. The van der Waals surface area contributed by atoms with Gasteiger partial charge in [-0.2, -0.15) is 0 Å². The molecule has 0 bridgehead atoms. The van der Waals surface area contributed by atoms with Crippen LogP contribution in [-0.2, 0) is 0 Å². The van der Waals surface area contributed by atoms with E-state index in [-0.39, 0.29) is 13.0 Å². The molecule has 0 amide bonds. The number of aliphatic hydroxyl groups excluding tert-OH is 2. The van der Waals surface area contributed by atoms with Gasteiger partial charge in [-0.15, -0.1) is 11.3 Å². The zero-order valence-corrected chi connectivity index (χ0v) is 9.18.